The van der Waals surface area contributed by atoms with Gasteiger partial charge in [0.2, 0.25) is 0 Å². The first kappa shape index (κ1) is 15.2. The van der Waals surface area contributed by atoms with Gasteiger partial charge in [0.05, 0.1) is 0 Å². The quantitative estimate of drug-likeness (QED) is 0.794. The normalized spacial score (nSPS) is 12.6. The number of nitrogens with zero attached hydrogens (tertiary/aromatic N) is 1. The number of hydrogen-bond donors (Lipinski definition) is 1. The van der Waals surface area contributed by atoms with Crippen molar-refractivity contribution in [2.24, 2.45) is 0 Å². The molecule has 0 heterocycles. The summed E-state index contributed by atoms with van der Waals surface area (Å²) in [6.07, 6.45) is -4.79. The van der Waals surface area contributed by atoms with Crippen molar-refractivity contribution in [2.45, 2.75) is 46.0 Å². The van der Waals surface area contributed by atoms with Crippen LogP contribution in [0.4, 0.5) is 13.2 Å². The topological polar surface area (TPSA) is 32.3 Å². The molecule has 16 heavy (non-hydrogen) atoms. The van der Waals surface area contributed by atoms with E-state index in [0.29, 0.717) is 6.54 Å². The second-order valence-electron chi connectivity index (χ2n) is 4.18. The first-order valence-electron chi connectivity index (χ1n) is 5.27. The van der Waals surface area contributed by atoms with Crippen LogP contribution in [0.15, 0.2) is 0 Å². The molecule has 0 rings (SSSR count). The lowest BCUT2D eigenvalue weighted by Crippen LogP contribution is -2.45. The van der Waals surface area contributed by atoms with Gasteiger partial charge in [0.25, 0.3) is 0 Å². The van der Waals surface area contributed by atoms with E-state index in [0.717, 1.165) is 0 Å². The lowest BCUT2D eigenvalue weighted by Gasteiger charge is -2.30. The maximum atomic E-state index is 11.9. The maximum absolute atomic E-state index is 11.9. The number of nitrogens with one attached hydrogen (secondary N) is 1. The molecule has 0 aliphatic rings. The summed E-state index contributed by atoms with van der Waals surface area (Å²) in [6, 6.07) is 0.477. The van der Waals surface area contributed by atoms with Crippen molar-refractivity contribution in [3.63, 3.8) is 0 Å². The minimum atomic E-state index is -4.79. The van der Waals surface area contributed by atoms with Gasteiger partial charge in [-0.15, -0.1) is 0 Å². The van der Waals surface area contributed by atoms with Gasteiger partial charge in [-0.3, -0.25) is 9.69 Å². The number of halogens is 3. The molecular formula is C10H19F3N2O. The van der Waals surface area contributed by atoms with Crippen LogP contribution in [0.1, 0.15) is 27.7 Å². The van der Waals surface area contributed by atoms with Crippen molar-refractivity contribution in [3.05, 3.63) is 0 Å². The molecule has 0 radical (unpaired) electrons. The Labute approximate surface area is 94.0 Å². The fourth-order valence-corrected chi connectivity index (χ4v) is 1.51. The predicted octanol–water partition coefficient (Wildman–Crippen LogP) is 1.78. The van der Waals surface area contributed by atoms with Gasteiger partial charge in [0, 0.05) is 25.2 Å². The molecule has 0 bridgehead atoms. The fraction of sp³-hybridized carbons (Fsp3) is 0.900. The van der Waals surface area contributed by atoms with E-state index in [9.17, 15) is 18.0 Å². The van der Waals surface area contributed by atoms with Crippen LogP contribution in [0.2, 0.25) is 0 Å². The Balaban J connectivity index is 4.01. The Morgan fingerprint density at radius 3 is 1.94 bits per heavy atom. The second kappa shape index (κ2) is 6.08. The van der Waals surface area contributed by atoms with Gasteiger partial charge in [-0.1, -0.05) is 0 Å². The van der Waals surface area contributed by atoms with Gasteiger partial charge < -0.3 is 5.32 Å². The van der Waals surface area contributed by atoms with Crippen molar-refractivity contribution in [1.82, 2.24) is 10.2 Å². The number of carbonyl (C=O) groups is 1. The van der Waals surface area contributed by atoms with Crippen LogP contribution in [0.5, 0.6) is 0 Å². The van der Waals surface area contributed by atoms with Crippen molar-refractivity contribution in [3.8, 4) is 0 Å². The first-order chi connectivity index (χ1) is 7.16. The Bertz CT molecular complexity index is 219. The Kier molecular flexibility index (Phi) is 5.78. The molecule has 0 aliphatic carbocycles. The summed E-state index contributed by atoms with van der Waals surface area (Å²) < 4.78 is 35.6. The smallest absolute Gasteiger partial charge is 0.347 e. The monoisotopic (exact) mass is 240 g/mol. The predicted molar refractivity (Wildman–Crippen MR) is 56.0 cm³/mol. The highest BCUT2D eigenvalue weighted by molar-refractivity contribution is 5.81. The van der Waals surface area contributed by atoms with E-state index >= 15 is 0 Å². The Morgan fingerprint density at radius 2 is 1.62 bits per heavy atom. The molecule has 96 valence electrons. The molecule has 0 fully saturated rings. The minimum Gasteiger partial charge on any atom is -0.347 e. The van der Waals surface area contributed by atoms with Crippen molar-refractivity contribution >= 4 is 5.91 Å². The molecule has 0 atom stereocenters. The van der Waals surface area contributed by atoms with Crippen LogP contribution < -0.4 is 5.32 Å². The molecule has 0 aliphatic heterocycles. The van der Waals surface area contributed by atoms with Crippen molar-refractivity contribution in [1.29, 1.82) is 0 Å². The average Bonchev–Trinajstić information content (AvgIpc) is 2.08. The summed E-state index contributed by atoms with van der Waals surface area (Å²) in [7, 11) is 0. The van der Waals surface area contributed by atoms with E-state index in [4.69, 9.17) is 0 Å². The molecule has 6 heteroatoms. The Hall–Kier alpha value is -0.780. The first-order valence-corrected chi connectivity index (χ1v) is 5.27. The summed E-state index contributed by atoms with van der Waals surface area (Å²) in [5.74, 6) is -1.88. The molecule has 0 aromatic rings. The molecular weight excluding hydrogens is 221 g/mol. The number of carbonyl (C=O) groups excluding carboxylic acids is 1. The SMILES string of the molecule is CC(C)N(CCNC(=O)C(F)(F)F)C(C)C. The highest BCUT2D eigenvalue weighted by Gasteiger charge is 2.38. The summed E-state index contributed by atoms with van der Waals surface area (Å²) in [5, 5.41) is 1.86. The van der Waals surface area contributed by atoms with Crippen LogP contribution in [0.25, 0.3) is 0 Å². The molecule has 0 spiro atoms. The third kappa shape index (κ3) is 5.34. The zero-order chi connectivity index (χ0) is 12.9. The third-order valence-corrected chi connectivity index (χ3v) is 2.24. The summed E-state index contributed by atoms with van der Waals surface area (Å²) >= 11 is 0. The van der Waals surface area contributed by atoms with Crippen LogP contribution in [-0.4, -0.2) is 42.2 Å². The van der Waals surface area contributed by atoms with Crippen LogP contribution in [0.3, 0.4) is 0 Å². The van der Waals surface area contributed by atoms with Gasteiger partial charge in [-0.2, -0.15) is 13.2 Å². The van der Waals surface area contributed by atoms with Gasteiger partial charge >= 0.3 is 12.1 Å². The van der Waals surface area contributed by atoms with E-state index < -0.39 is 12.1 Å². The van der Waals surface area contributed by atoms with Crippen molar-refractivity contribution < 1.29 is 18.0 Å². The highest BCUT2D eigenvalue weighted by Crippen LogP contribution is 2.13. The third-order valence-electron chi connectivity index (χ3n) is 2.24. The lowest BCUT2D eigenvalue weighted by molar-refractivity contribution is -0.173. The largest absolute Gasteiger partial charge is 0.471 e. The molecule has 3 nitrogen and oxygen atoms in total. The van der Waals surface area contributed by atoms with E-state index in [1.54, 1.807) is 0 Å². The van der Waals surface area contributed by atoms with Gasteiger partial charge in [0.15, 0.2) is 0 Å². The van der Waals surface area contributed by atoms with E-state index in [1.165, 1.54) is 0 Å². The highest BCUT2D eigenvalue weighted by atomic mass is 19.4. The molecule has 1 N–H and O–H groups in total. The number of amides is 1. The van der Waals surface area contributed by atoms with E-state index in [-0.39, 0.29) is 18.6 Å². The van der Waals surface area contributed by atoms with E-state index in [2.05, 4.69) is 0 Å². The minimum absolute atomic E-state index is 0.00863. The number of rotatable bonds is 5. The molecule has 0 aromatic carbocycles. The Morgan fingerprint density at radius 1 is 1.19 bits per heavy atom. The molecule has 0 aromatic heterocycles. The summed E-state index contributed by atoms with van der Waals surface area (Å²) in [4.78, 5) is 12.5. The standard InChI is InChI=1S/C10H19F3N2O/c1-7(2)15(8(3)4)6-5-14-9(16)10(11,12)13/h7-8H,5-6H2,1-4H3,(H,14,16). The van der Waals surface area contributed by atoms with Crippen LogP contribution >= 0.6 is 0 Å². The fourth-order valence-electron chi connectivity index (χ4n) is 1.51. The van der Waals surface area contributed by atoms with Crippen LogP contribution in [-0.2, 0) is 4.79 Å². The molecule has 1 amide bonds. The van der Waals surface area contributed by atoms with Crippen molar-refractivity contribution in [2.75, 3.05) is 13.1 Å². The van der Waals surface area contributed by atoms with Gasteiger partial charge in [-0.05, 0) is 27.7 Å². The maximum Gasteiger partial charge on any atom is 0.471 e. The summed E-state index contributed by atoms with van der Waals surface area (Å²) in [5.41, 5.74) is 0. The number of hydrogen-bond acceptors (Lipinski definition) is 2. The zero-order valence-corrected chi connectivity index (χ0v) is 10.1. The summed E-state index contributed by atoms with van der Waals surface area (Å²) in [6.45, 7) is 8.28. The second-order valence-corrected chi connectivity index (χ2v) is 4.18. The average molecular weight is 240 g/mol. The van der Waals surface area contributed by atoms with E-state index in [1.807, 2.05) is 37.9 Å². The zero-order valence-electron chi connectivity index (χ0n) is 10.1. The molecule has 0 saturated carbocycles. The molecule has 0 saturated heterocycles. The van der Waals surface area contributed by atoms with Gasteiger partial charge in [0.1, 0.15) is 0 Å². The van der Waals surface area contributed by atoms with Gasteiger partial charge in [-0.25, -0.2) is 0 Å². The number of alkyl halides is 3. The lowest BCUT2D eigenvalue weighted by atomic mass is 10.2. The van der Waals surface area contributed by atoms with Crippen LogP contribution in [0, 0.1) is 0 Å². The molecule has 0 unspecified atom stereocenters.